The minimum Gasteiger partial charge on any atom is -0.497 e. The molecule has 0 spiro atoms. The lowest BCUT2D eigenvalue weighted by atomic mass is 9.76. The molecule has 0 bridgehead atoms. The molecule has 4 aliphatic heterocycles. The van der Waals surface area contributed by atoms with Gasteiger partial charge in [-0.3, -0.25) is 0 Å². The van der Waals surface area contributed by atoms with Crippen molar-refractivity contribution < 1.29 is 43.0 Å². The topological polar surface area (TPSA) is 94.1 Å². The Morgan fingerprint density at radius 1 is 0.653 bits per heavy atom. The van der Waals surface area contributed by atoms with Crippen LogP contribution in [0.25, 0.3) is 0 Å². The fraction of sp³-hybridized carbons (Fsp3) is 0.850. The number of hydrogen-bond acceptors (Lipinski definition) is 9. The van der Waals surface area contributed by atoms with Crippen LogP contribution >= 0.6 is 0 Å². The van der Waals surface area contributed by atoms with Crippen LogP contribution in [-0.4, -0.2) is 86.8 Å². The molecule has 0 amide bonds. The Bertz CT molecular complexity index is 1080. The van der Waals surface area contributed by atoms with Crippen molar-refractivity contribution in [3.8, 4) is 5.75 Å². The minimum absolute atomic E-state index is 0.0960. The first-order chi connectivity index (χ1) is 23.3. The highest BCUT2D eigenvalue weighted by atomic mass is 16.7. The molecular weight excluding hydrogens is 624 g/mol. The zero-order valence-electron chi connectivity index (χ0n) is 32.2. The lowest BCUT2D eigenvalue weighted by Gasteiger charge is -2.50. The summed E-state index contributed by atoms with van der Waals surface area (Å²) in [4.78, 5) is 0. The van der Waals surface area contributed by atoms with Crippen molar-refractivity contribution in [2.24, 2.45) is 35.5 Å². The van der Waals surface area contributed by atoms with E-state index >= 15 is 0 Å². The van der Waals surface area contributed by atoms with E-state index in [0.717, 1.165) is 37.0 Å². The van der Waals surface area contributed by atoms with Crippen molar-refractivity contribution in [2.45, 2.75) is 163 Å². The molecule has 0 saturated carbocycles. The second-order valence-electron chi connectivity index (χ2n) is 15.8. The van der Waals surface area contributed by atoms with Crippen molar-refractivity contribution in [1.82, 2.24) is 0 Å². The summed E-state index contributed by atoms with van der Waals surface area (Å²) in [5.41, 5.74) is 1.15. The molecule has 9 nitrogen and oxygen atoms in total. The molecule has 0 aliphatic carbocycles. The van der Waals surface area contributed by atoms with E-state index in [4.69, 9.17) is 37.9 Å². The smallest absolute Gasteiger partial charge is 0.158 e. The van der Waals surface area contributed by atoms with Gasteiger partial charge in [0.1, 0.15) is 5.75 Å². The molecule has 0 unspecified atom stereocenters. The Kier molecular flexibility index (Phi) is 15.7. The van der Waals surface area contributed by atoms with E-state index in [1.807, 2.05) is 38.1 Å². The van der Waals surface area contributed by atoms with Crippen molar-refractivity contribution in [3.63, 3.8) is 0 Å². The molecule has 282 valence electrons. The fourth-order valence-corrected chi connectivity index (χ4v) is 8.05. The monoisotopic (exact) mass is 692 g/mol. The highest BCUT2D eigenvalue weighted by molar-refractivity contribution is 5.26. The highest BCUT2D eigenvalue weighted by Gasteiger charge is 2.48. The molecule has 1 aromatic carbocycles. The summed E-state index contributed by atoms with van der Waals surface area (Å²) in [6.45, 7) is 23.0. The fourth-order valence-electron chi connectivity index (χ4n) is 8.05. The van der Waals surface area contributed by atoms with E-state index in [-0.39, 0.29) is 73.9 Å². The average molecular weight is 693 g/mol. The van der Waals surface area contributed by atoms with Crippen LogP contribution in [-0.2, 0) is 39.8 Å². The van der Waals surface area contributed by atoms with Gasteiger partial charge in [-0.25, -0.2) is 0 Å². The molecule has 14 atom stereocenters. The summed E-state index contributed by atoms with van der Waals surface area (Å²) in [6, 6.07) is 8.03. The number of rotatable bonds is 12. The Balaban J connectivity index is 0.000000237. The Morgan fingerprint density at radius 3 is 1.55 bits per heavy atom. The van der Waals surface area contributed by atoms with Crippen molar-refractivity contribution in [1.29, 1.82) is 0 Å². The molecule has 4 fully saturated rings. The quantitative estimate of drug-likeness (QED) is 0.241. The summed E-state index contributed by atoms with van der Waals surface area (Å²) in [7, 11) is 1.68. The maximum absolute atomic E-state index is 9.40. The molecule has 0 aromatic heterocycles. The first-order valence-electron chi connectivity index (χ1n) is 19.1. The first-order valence-corrected chi connectivity index (χ1v) is 19.1. The Labute approximate surface area is 297 Å². The second kappa shape index (κ2) is 19.0. The average Bonchev–Trinajstić information content (AvgIpc) is 3.08. The molecule has 4 heterocycles. The Hall–Kier alpha value is -1.30. The van der Waals surface area contributed by atoms with E-state index in [9.17, 15) is 5.11 Å². The van der Waals surface area contributed by atoms with Crippen LogP contribution in [0.2, 0.25) is 0 Å². The predicted molar refractivity (Wildman–Crippen MR) is 190 cm³/mol. The minimum atomic E-state index is -0.101. The number of ether oxygens (including phenoxy) is 8. The normalized spacial score (nSPS) is 37.4. The van der Waals surface area contributed by atoms with Gasteiger partial charge in [0.15, 0.2) is 12.6 Å². The van der Waals surface area contributed by atoms with E-state index in [1.54, 1.807) is 7.11 Å². The molecule has 4 saturated heterocycles. The number of hydrogen-bond donors (Lipinski definition) is 1. The van der Waals surface area contributed by atoms with Gasteiger partial charge in [-0.2, -0.15) is 0 Å². The largest absolute Gasteiger partial charge is 0.497 e. The predicted octanol–water partition coefficient (Wildman–Crippen LogP) is 7.40. The van der Waals surface area contributed by atoms with Crippen molar-refractivity contribution in [3.05, 3.63) is 29.8 Å². The van der Waals surface area contributed by atoms with Gasteiger partial charge in [-0.05, 0) is 81.9 Å². The lowest BCUT2D eigenvalue weighted by Crippen LogP contribution is -2.56. The van der Waals surface area contributed by atoms with Crippen LogP contribution in [0, 0.1) is 35.5 Å². The summed E-state index contributed by atoms with van der Waals surface area (Å²) in [6.07, 6.45) is 4.79. The van der Waals surface area contributed by atoms with Crippen LogP contribution in [0.3, 0.4) is 0 Å². The van der Waals surface area contributed by atoms with Crippen LogP contribution in [0.15, 0.2) is 24.3 Å². The summed E-state index contributed by atoms with van der Waals surface area (Å²) < 4.78 is 48.1. The van der Waals surface area contributed by atoms with Gasteiger partial charge in [0.05, 0.1) is 69.2 Å². The lowest BCUT2D eigenvalue weighted by molar-refractivity contribution is -0.290. The zero-order valence-corrected chi connectivity index (χ0v) is 32.2. The molecule has 5 rings (SSSR count). The number of aliphatic hydroxyl groups excluding tert-OH is 1. The molecular formula is C40H68O9. The highest BCUT2D eigenvalue weighted by Crippen LogP contribution is 2.42. The SMILES string of the molecule is CC(C)O[C@@H]1CC[C@@H]2O[C@@H]([C@@H](C)CO)[C@@H](C)[C@@H](C)[C@H]2O1.COc1ccc(COC[C@H](C)[C@@H]2O[C@H]3CC[C@@H](OC(C)C)O[C@@H]3[C@H](C)[C@@H]2C)cc1. The van der Waals surface area contributed by atoms with Crippen LogP contribution in [0.4, 0.5) is 0 Å². The number of aliphatic hydroxyl groups is 1. The molecule has 1 aromatic rings. The van der Waals surface area contributed by atoms with Gasteiger partial charge in [0.2, 0.25) is 0 Å². The third-order valence-electron chi connectivity index (χ3n) is 11.2. The van der Waals surface area contributed by atoms with Crippen molar-refractivity contribution >= 4 is 0 Å². The summed E-state index contributed by atoms with van der Waals surface area (Å²) in [5, 5.41) is 9.40. The molecule has 0 radical (unpaired) electrons. The van der Waals surface area contributed by atoms with Gasteiger partial charge < -0.3 is 43.0 Å². The zero-order chi connectivity index (χ0) is 35.8. The molecule has 49 heavy (non-hydrogen) atoms. The van der Waals surface area contributed by atoms with Gasteiger partial charge in [-0.1, -0.05) is 53.7 Å². The maximum atomic E-state index is 9.40. The maximum Gasteiger partial charge on any atom is 0.158 e. The van der Waals surface area contributed by atoms with E-state index in [0.29, 0.717) is 42.8 Å². The van der Waals surface area contributed by atoms with Crippen LogP contribution in [0.5, 0.6) is 5.75 Å². The van der Waals surface area contributed by atoms with E-state index in [2.05, 4.69) is 55.4 Å². The van der Waals surface area contributed by atoms with Crippen LogP contribution in [0.1, 0.15) is 100 Å². The van der Waals surface area contributed by atoms with Gasteiger partial charge >= 0.3 is 0 Å². The van der Waals surface area contributed by atoms with E-state index in [1.165, 1.54) is 0 Å². The number of benzene rings is 1. The second-order valence-corrected chi connectivity index (χ2v) is 15.8. The van der Waals surface area contributed by atoms with Gasteiger partial charge in [0.25, 0.3) is 0 Å². The third kappa shape index (κ3) is 10.9. The summed E-state index contributed by atoms with van der Waals surface area (Å²) in [5.74, 6) is 3.03. The first kappa shape index (κ1) is 40.5. The molecule has 1 N–H and O–H groups in total. The molecule has 4 aliphatic rings. The Morgan fingerprint density at radius 2 is 1.12 bits per heavy atom. The standard InChI is InChI=1S/C24H38O5.C16H30O4/c1-15(2)27-22-12-11-21-24(29-22)18(5)17(4)23(28-21)16(3)13-26-14-19-7-9-20(25-6)10-8-19;1-9(2)18-14-7-6-13-16(20-14)12(5)11(4)15(19-13)10(3)8-17/h7-10,15-18,21-24H,11-14H2,1-6H3;9-17H,6-8H2,1-5H3/t16-,17-,18+,21-,22-,23-,24+;10-,11-,12+,13-,14-,15-,16+/m00/s1. The van der Waals surface area contributed by atoms with Crippen LogP contribution < -0.4 is 4.74 Å². The third-order valence-corrected chi connectivity index (χ3v) is 11.2. The van der Waals surface area contributed by atoms with Crippen molar-refractivity contribution in [2.75, 3.05) is 20.3 Å². The summed E-state index contributed by atoms with van der Waals surface area (Å²) >= 11 is 0. The number of methoxy groups -OCH3 is 1. The van der Waals surface area contributed by atoms with Gasteiger partial charge in [-0.15, -0.1) is 0 Å². The number of fused-ring (bicyclic) bond motifs is 2. The van der Waals surface area contributed by atoms with Gasteiger partial charge in [0, 0.05) is 31.3 Å². The molecule has 9 heteroatoms. The van der Waals surface area contributed by atoms with E-state index < -0.39 is 0 Å².